The van der Waals surface area contributed by atoms with Gasteiger partial charge >= 0.3 is 0 Å². The van der Waals surface area contributed by atoms with Gasteiger partial charge in [-0.15, -0.1) is 5.10 Å². The van der Waals surface area contributed by atoms with Gasteiger partial charge in [-0.3, -0.25) is 4.57 Å². The standard InChI is InChI=1S/C8H7FN4S/c9-5-3-1-2-4-6(5)13-7(10)11-12-8(13)14/h1-4H,(H2,10,11)(H,12,14). The molecule has 0 fully saturated rings. The molecule has 0 aliphatic rings. The first-order valence-electron chi connectivity index (χ1n) is 3.88. The van der Waals surface area contributed by atoms with Crippen molar-refractivity contribution in [3.05, 3.63) is 34.9 Å². The number of halogens is 1. The van der Waals surface area contributed by atoms with Crippen molar-refractivity contribution in [2.45, 2.75) is 0 Å². The molecule has 0 aliphatic heterocycles. The third-order valence-corrected chi connectivity index (χ3v) is 2.07. The molecule has 0 aliphatic carbocycles. The smallest absolute Gasteiger partial charge is 0.225 e. The second-order valence-corrected chi connectivity index (χ2v) is 3.06. The van der Waals surface area contributed by atoms with Crippen molar-refractivity contribution in [1.29, 1.82) is 0 Å². The van der Waals surface area contributed by atoms with Crippen molar-refractivity contribution in [3.8, 4) is 5.69 Å². The van der Waals surface area contributed by atoms with E-state index >= 15 is 0 Å². The van der Waals surface area contributed by atoms with Crippen LogP contribution in [0.4, 0.5) is 10.3 Å². The topological polar surface area (TPSA) is 59.6 Å². The van der Waals surface area contributed by atoms with E-state index in [2.05, 4.69) is 10.2 Å². The van der Waals surface area contributed by atoms with Crippen molar-refractivity contribution >= 4 is 18.2 Å². The lowest BCUT2D eigenvalue weighted by Crippen LogP contribution is -2.02. The Morgan fingerprint density at radius 2 is 2.14 bits per heavy atom. The minimum Gasteiger partial charge on any atom is -0.368 e. The monoisotopic (exact) mass is 210 g/mol. The quantitative estimate of drug-likeness (QED) is 0.703. The lowest BCUT2D eigenvalue weighted by atomic mass is 10.3. The number of H-pyrrole nitrogens is 1. The van der Waals surface area contributed by atoms with Crippen molar-refractivity contribution < 1.29 is 4.39 Å². The van der Waals surface area contributed by atoms with Crippen LogP contribution in [0.3, 0.4) is 0 Å². The summed E-state index contributed by atoms with van der Waals surface area (Å²) in [5.41, 5.74) is 5.82. The molecule has 0 bridgehead atoms. The van der Waals surface area contributed by atoms with Gasteiger partial charge in [-0.05, 0) is 24.4 Å². The molecule has 0 atom stereocenters. The Labute approximate surface area is 84.2 Å². The van der Waals surface area contributed by atoms with E-state index in [9.17, 15) is 4.39 Å². The lowest BCUT2D eigenvalue weighted by molar-refractivity contribution is 0.618. The molecule has 72 valence electrons. The molecule has 0 amide bonds. The molecule has 1 aromatic carbocycles. The van der Waals surface area contributed by atoms with Crippen LogP contribution < -0.4 is 5.73 Å². The van der Waals surface area contributed by atoms with Crippen molar-refractivity contribution in [3.63, 3.8) is 0 Å². The van der Waals surface area contributed by atoms with Crippen LogP contribution in [-0.2, 0) is 0 Å². The van der Waals surface area contributed by atoms with E-state index in [0.29, 0.717) is 5.69 Å². The Bertz CT molecular complexity index is 516. The van der Waals surface area contributed by atoms with Gasteiger partial charge in [0.05, 0.1) is 5.69 Å². The molecule has 4 nitrogen and oxygen atoms in total. The van der Waals surface area contributed by atoms with E-state index in [0.717, 1.165) is 0 Å². The predicted molar refractivity (Wildman–Crippen MR) is 53.1 cm³/mol. The van der Waals surface area contributed by atoms with Crippen LogP contribution in [0.15, 0.2) is 24.3 Å². The lowest BCUT2D eigenvalue weighted by Gasteiger charge is -2.03. The fourth-order valence-electron chi connectivity index (χ4n) is 1.18. The number of hydrogen-bond acceptors (Lipinski definition) is 3. The zero-order chi connectivity index (χ0) is 10.1. The molecule has 14 heavy (non-hydrogen) atoms. The van der Waals surface area contributed by atoms with Crippen molar-refractivity contribution in [1.82, 2.24) is 14.8 Å². The summed E-state index contributed by atoms with van der Waals surface area (Å²) in [6.07, 6.45) is 0. The molecule has 1 aromatic heterocycles. The highest BCUT2D eigenvalue weighted by Gasteiger charge is 2.08. The minimum absolute atomic E-state index is 0.139. The summed E-state index contributed by atoms with van der Waals surface area (Å²) in [6, 6.07) is 6.21. The maximum atomic E-state index is 13.3. The molecule has 6 heteroatoms. The SMILES string of the molecule is Nc1n[nH]c(=S)n1-c1ccccc1F. The van der Waals surface area contributed by atoms with Gasteiger partial charge in [0.15, 0.2) is 0 Å². The Morgan fingerprint density at radius 1 is 1.43 bits per heavy atom. The number of rotatable bonds is 1. The number of nitrogen functional groups attached to an aromatic ring is 1. The van der Waals surface area contributed by atoms with E-state index in [-0.39, 0.29) is 10.7 Å². The Kier molecular flexibility index (Phi) is 2.05. The van der Waals surface area contributed by atoms with E-state index in [1.807, 2.05) is 0 Å². The molecule has 1 heterocycles. The highest BCUT2D eigenvalue weighted by molar-refractivity contribution is 7.71. The third-order valence-electron chi connectivity index (χ3n) is 1.79. The predicted octanol–water partition coefficient (Wildman–Crippen LogP) is 1.65. The minimum atomic E-state index is -0.392. The number of anilines is 1. The average molecular weight is 210 g/mol. The van der Waals surface area contributed by atoms with Gasteiger partial charge in [0, 0.05) is 0 Å². The van der Waals surface area contributed by atoms with Gasteiger partial charge < -0.3 is 5.73 Å². The number of aromatic nitrogens is 3. The van der Waals surface area contributed by atoms with Gasteiger partial charge in [0.25, 0.3) is 0 Å². The fourth-order valence-corrected chi connectivity index (χ4v) is 1.41. The molecular weight excluding hydrogens is 203 g/mol. The van der Waals surface area contributed by atoms with Gasteiger partial charge in [0.2, 0.25) is 10.7 Å². The molecule has 2 aromatic rings. The number of para-hydroxylation sites is 1. The fraction of sp³-hybridized carbons (Fsp3) is 0. The first kappa shape index (κ1) is 8.89. The first-order chi connectivity index (χ1) is 6.70. The molecule has 2 rings (SSSR count). The van der Waals surface area contributed by atoms with Gasteiger partial charge in [0.1, 0.15) is 5.82 Å². The van der Waals surface area contributed by atoms with E-state index in [1.54, 1.807) is 18.2 Å². The van der Waals surface area contributed by atoms with Gasteiger partial charge in [-0.25, -0.2) is 9.49 Å². The molecule has 3 N–H and O–H groups in total. The van der Waals surface area contributed by atoms with Crippen LogP contribution in [0, 0.1) is 10.6 Å². The van der Waals surface area contributed by atoms with Crippen LogP contribution >= 0.6 is 12.2 Å². The van der Waals surface area contributed by atoms with E-state index in [1.165, 1.54) is 10.6 Å². The Hall–Kier alpha value is -1.69. The number of benzene rings is 1. The second kappa shape index (κ2) is 3.22. The highest BCUT2D eigenvalue weighted by atomic mass is 32.1. The van der Waals surface area contributed by atoms with Crippen LogP contribution in [0.1, 0.15) is 0 Å². The summed E-state index contributed by atoms with van der Waals surface area (Å²) >= 11 is 4.91. The second-order valence-electron chi connectivity index (χ2n) is 2.67. The summed E-state index contributed by atoms with van der Waals surface area (Å²) in [6.45, 7) is 0. The number of aromatic amines is 1. The van der Waals surface area contributed by atoms with Gasteiger partial charge in [-0.2, -0.15) is 0 Å². The van der Waals surface area contributed by atoms with Crippen LogP contribution in [0.2, 0.25) is 0 Å². The number of nitrogens with one attached hydrogen (secondary N) is 1. The highest BCUT2D eigenvalue weighted by Crippen LogP contribution is 2.15. The Morgan fingerprint density at radius 3 is 2.71 bits per heavy atom. The van der Waals surface area contributed by atoms with Crippen LogP contribution in [-0.4, -0.2) is 14.8 Å². The molecule has 0 saturated heterocycles. The third kappa shape index (κ3) is 1.29. The zero-order valence-electron chi connectivity index (χ0n) is 7.07. The molecule has 0 radical (unpaired) electrons. The molecular formula is C8H7FN4S. The first-order valence-corrected chi connectivity index (χ1v) is 4.29. The molecule has 0 spiro atoms. The summed E-state index contributed by atoms with van der Waals surface area (Å²) in [7, 11) is 0. The van der Waals surface area contributed by atoms with Crippen LogP contribution in [0.25, 0.3) is 5.69 Å². The zero-order valence-corrected chi connectivity index (χ0v) is 7.88. The number of nitrogens with zero attached hydrogens (tertiary/aromatic N) is 2. The Balaban J connectivity index is 2.72. The van der Waals surface area contributed by atoms with E-state index in [4.69, 9.17) is 18.0 Å². The summed E-state index contributed by atoms with van der Waals surface area (Å²) in [4.78, 5) is 0. The van der Waals surface area contributed by atoms with Gasteiger partial charge in [-0.1, -0.05) is 12.1 Å². The number of hydrogen-bond donors (Lipinski definition) is 2. The van der Waals surface area contributed by atoms with Crippen molar-refractivity contribution in [2.24, 2.45) is 0 Å². The van der Waals surface area contributed by atoms with E-state index < -0.39 is 5.82 Å². The summed E-state index contributed by atoms with van der Waals surface area (Å²) < 4.78 is 15.0. The number of nitrogens with two attached hydrogens (primary N) is 1. The normalized spacial score (nSPS) is 10.4. The van der Waals surface area contributed by atoms with Crippen molar-refractivity contribution in [2.75, 3.05) is 5.73 Å². The maximum absolute atomic E-state index is 13.3. The van der Waals surface area contributed by atoms with Crippen LogP contribution in [0.5, 0.6) is 0 Å². The molecule has 0 unspecified atom stereocenters. The average Bonchev–Trinajstić information content (AvgIpc) is 2.48. The maximum Gasteiger partial charge on any atom is 0.225 e. The summed E-state index contributed by atoms with van der Waals surface area (Å²) in [5.74, 6) is -0.253. The molecule has 0 saturated carbocycles. The summed E-state index contributed by atoms with van der Waals surface area (Å²) in [5, 5.41) is 6.18. The largest absolute Gasteiger partial charge is 0.368 e.